The fourth-order valence-corrected chi connectivity index (χ4v) is 5.44. The molecule has 0 aromatic heterocycles. The SMILES string of the molecule is O=C(ON=C1CCCC1)C12CC3CC(CC(C3)C1)C2. The van der Waals surface area contributed by atoms with E-state index in [9.17, 15) is 4.79 Å². The Kier molecular flexibility index (Phi) is 2.71. The van der Waals surface area contributed by atoms with Crippen molar-refractivity contribution >= 4 is 11.7 Å². The number of nitrogens with zero attached hydrogens (tertiary/aromatic N) is 1. The van der Waals surface area contributed by atoms with Crippen LogP contribution >= 0.6 is 0 Å². The molecule has 5 rings (SSSR count). The molecule has 0 amide bonds. The standard InChI is InChI=1S/C16H23NO2/c18-15(19-17-14-3-1-2-4-14)16-8-11-5-12(9-16)7-13(6-11)10-16/h11-13H,1-10H2. The molecule has 5 aliphatic carbocycles. The number of carbonyl (C=O) groups is 1. The van der Waals surface area contributed by atoms with Crippen molar-refractivity contribution in [3.63, 3.8) is 0 Å². The second-order valence-corrected chi connectivity index (χ2v) is 7.44. The van der Waals surface area contributed by atoms with Crippen molar-refractivity contribution in [2.24, 2.45) is 28.3 Å². The molecule has 0 heterocycles. The largest absolute Gasteiger partial charge is 0.341 e. The maximum Gasteiger partial charge on any atom is 0.341 e. The highest BCUT2D eigenvalue weighted by Gasteiger charge is 2.55. The highest BCUT2D eigenvalue weighted by molar-refractivity contribution is 5.86. The first kappa shape index (κ1) is 11.9. The van der Waals surface area contributed by atoms with Gasteiger partial charge in [0.2, 0.25) is 0 Å². The average molecular weight is 261 g/mol. The lowest BCUT2D eigenvalue weighted by Crippen LogP contribution is -2.50. The van der Waals surface area contributed by atoms with Crippen LogP contribution in [0.15, 0.2) is 5.16 Å². The van der Waals surface area contributed by atoms with E-state index in [1.807, 2.05) is 0 Å². The topological polar surface area (TPSA) is 38.7 Å². The molecule has 0 aromatic carbocycles. The van der Waals surface area contributed by atoms with Crippen molar-refractivity contribution in [2.75, 3.05) is 0 Å². The summed E-state index contributed by atoms with van der Waals surface area (Å²) in [4.78, 5) is 17.9. The summed E-state index contributed by atoms with van der Waals surface area (Å²) in [5.41, 5.74) is 0.940. The average Bonchev–Trinajstić information content (AvgIpc) is 2.87. The molecular weight excluding hydrogens is 238 g/mol. The fourth-order valence-electron chi connectivity index (χ4n) is 5.44. The zero-order chi connectivity index (χ0) is 12.9. The van der Waals surface area contributed by atoms with E-state index < -0.39 is 0 Å². The lowest BCUT2D eigenvalue weighted by Gasteiger charge is -2.54. The maximum absolute atomic E-state index is 12.5. The summed E-state index contributed by atoms with van der Waals surface area (Å²) in [5.74, 6) is 2.36. The van der Waals surface area contributed by atoms with Crippen LogP contribution in [0, 0.1) is 23.2 Å². The molecule has 0 atom stereocenters. The molecule has 0 aliphatic heterocycles. The van der Waals surface area contributed by atoms with Crippen LogP contribution in [0.1, 0.15) is 64.2 Å². The molecule has 5 fully saturated rings. The minimum atomic E-state index is -0.155. The van der Waals surface area contributed by atoms with E-state index in [1.165, 1.54) is 32.1 Å². The van der Waals surface area contributed by atoms with E-state index in [4.69, 9.17) is 4.84 Å². The summed E-state index contributed by atoms with van der Waals surface area (Å²) in [7, 11) is 0. The molecule has 19 heavy (non-hydrogen) atoms. The van der Waals surface area contributed by atoms with Crippen molar-refractivity contribution in [3.05, 3.63) is 0 Å². The van der Waals surface area contributed by atoms with Crippen molar-refractivity contribution in [1.82, 2.24) is 0 Å². The first-order valence-electron chi connectivity index (χ1n) is 8.01. The second kappa shape index (κ2) is 4.32. The Morgan fingerprint density at radius 1 is 1.00 bits per heavy atom. The second-order valence-electron chi connectivity index (χ2n) is 7.44. The molecule has 0 aromatic rings. The van der Waals surface area contributed by atoms with Crippen LogP contribution in [-0.2, 0) is 9.63 Å². The number of oxime groups is 1. The molecule has 5 aliphatic rings. The number of rotatable bonds is 2. The van der Waals surface area contributed by atoms with Gasteiger partial charge in [-0.05, 0) is 82.0 Å². The van der Waals surface area contributed by atoms with Gasteiger partial charge in [0, 0.05) is 0 Å². The third-order valence-electron chi connectivity index (χ3n) is 5.91. The number of hydrogen-bond acceptors (Lipinski definition) is 3. The predicted molar refractivity (Wildman–Crippen MR) is 72.6 cm³/mol. The van der Waals surface area contributed by atoms with Gasteiger partial charge in [0.05, 0.1) is 11.1 Å². The summed E-state index contributed by atoms with van der Waals surface area (Å²) in [6.45, 7) is 0. The van der Waals surface area contributed by atoms with E-state index in [0.29, 0.717) is 0 Å². The lowest BCUT2D eigenvalue weighted by atomic mass is 9.49. The first-order valence-corrected chi connectivity index (χ1v) is 8.01. The van der Waals surface area contributed by atoms with Gasteiger partial charge < -0.3 is 4.84 Å². The minimum absolute atomic E-state index is 0.00833. The van der Waals surface area contributed by atoms with Crippen molar-refractivity contribution in [2.45, 2.75) is 64.2 Å². The highest BCUT2D eigenvalue weighted by Crippen LogP contribution is 2.60. The van der Waals surface area contributed by atoms with E-state index in [0.717, 1.165) is 55.6 Å². The molecule has 0 radical (unpaired) electrons. The number of carbonyl (C=O) groups excluding carboxylic acids is 1. The zero-order valence-electron chi connectivity index (χ0n) is 11.6. The maximum atomic E-state index is 12.5. The summed E-state index contributed by atoms with van der Waals surface area (Å²) in [6.07, 6.45) is 11.8. The van der Waals surface area contributed by atoms with Crippen LogP contribution in [0.2, 0.25) is 0 Å². The molecule has 3 nitrogen and oxygen atoms in total. The van der Waals surface area contributed by atoms with Gasteiger partial charge in [-0.3, -0.25) is 0 Å². The Morgan fingerprint density at radius 3 is 2.05 bits per heavy atom. The lowest BCUT2D eigenvalue weighted by molar-refractivity contribution is -0.171. The quantitative estimate of drug-likeness (QED) is 0.562. The molecule has 0 saturated heterocycles. The normalized spacial score (nSPS) is 43.6. The van der Waals surface area contributed by atoms with Crippen LogP contribution in [0.25, 0.3) is 0 Å². The molecule has 5 saturated carbocycles. The molecule has 4 bridgehead atoms. The van der Waals surface area contributed by atoms with Crippen LogP contribution in [0.5, 0.6) is 0 Å². The molecule has 0 spiro atoms. The van der Waals surface area contributed by atoms with Crippen LogP contribution < -0.4 is 0 Å². The monoisotopic (exact) mass is 261 g/mol. The van der Waals surface area contributed by atoms with E-state index in [2.05, 4.69) is 5.16 Å². The van der Waals surface area contributed by atoms with Gasteiger partial charge >= 0.3 is 5.97 Å². The summed E-state index contributed by atoms with van der Waals surface area (Å²) < 4.78 is 0. The van der Waals surface area contributed by atoms with Crippen molar-refractivity contribution in [1.29, 1.82) is 0 Å². The van der Waals surface area contributed by atoms with Gasteiger partial charge in [0.25, 0.3) is 0 Å². The number of hydrogen-bond donors (Lipinski definition) is 0. The molecule has 0 unspecified atom stereocenters. The third-order valence-corrected chi connectivity index (χ3v) is 5.91. The van der Waals surface area contributed by atoms with Gasteiger partial charge in [-0.25, -0.2) is 4.79 Å². The highest BCUT2D eigenvalue weighted by atomic mass is 16.7. The Labute approximate surface area is 114 Å². The van der Waals surface area contributed by atoms with Gasteiger partial charge in [-0.1, -0.05) is 5.16 Å². The predicted octanol–water partition coefficient (Wildman–Crippen LogP) is 3.68. The third kappa shape index (κ3) is 2.02. The zero-order valence-corrected chi connectivity index (χ0v) is 11.6. The first-order chi connectivity index (χ1) is 9.23. The Bertz CT molecular complexity index is 383. The van der Waals surface area contributed by atoms with E-state index in [1.54, 1.807) is 0 Å². The summed E-state index contributed by atoms with van der Waals surface area (Å²) in [5, 5.41) is 4.15. The Morgan fingerprint density at radius 2 is 1.53 bits per heavy atom. The smallest absolute Gasteiger partial charge is 0.318 e. The van der Waals surface area contributed by atoms with E-state index >= 15 is 0 Å². The molecule has 3 heteroatoms. The van der Waals surface area contributed by atoms with Crippen LogP contribution in [0.3, 0.4) is 0 Å². The minimum Gasteiger partial charge on any atom is -0.318 e. The van der Waals surface area contributed by atoms with Gasteiger partial charge in [0.1, 0.15) is 0 Å². The van der Waals surface area contributed by atoms with Crippen LogP contribution in [-0.4, -0.2) is 11.7 Å². The van der Waals surface area contributed by atoms with Gasteiger partial charge in [-0.15, -0.1) is 0 Å². The van der Waals surface area contributed by atoms with Crippen molar-refractivity contribution < 1.29 is 9.63 Å². The fraction of sp³-hybridized carbons (Fsp3) is 0.875. The molecule has 0 N–H and O–H groups in total. The Balaban J connectivity index is 1.48. The van der Waals surface area contributed by atoms with Crippen molar-refractivity contribution in [3.8, 4) is 0 Å². The molecular formula is C16H23NO2. The van der Waals surface area contributed by atoms with Crippen LogP contribution in [0.4, 0.5) is 0 Å². The van der Waals surface area contributed by atoms with E-state index in [-0.39, 0.29) is 11.4 Å². The summed E-state index contributed by atoms with van der Waals surface area (Å²) in [6, 6.07) is 0. The molecule has 104 valence electrons. The summed E-state index contributed by atoms with van der Waals surface area (Å²) >= 11 is 0. The Hall–Kier alpha value is -0.860. The van der Waals surface area contributed by atoms with Gasteiger partial charge in [0.15, 0.2) is 0 Å². The van der Waals surface area contributed by atoms with Gasteiger partial charge in [-0.2, -0.15) is 0 Å².